The van der Waals surface area contributed by atoms with Crippen LogP contribution in [0, 0.1) is 0 Å². The van der Waals surface area contributed by atoms with Gasteiger partial charge in [-0.1, -0.05) is 119 Å². The number of rotatable bonds is 7. The van der Waals surface area contributed by atoms with Gasteiger partial charge in [-0.2, -0.15) is 0 Å². The zero-order chi connectivity index (χ0) is 22.6. The summed E-state index contributed by atoms with van der Waals surface area (Å²) in [6, 6.07) is 32.2. The molecule has 4 aromatic carbocycles. The average molecular weight is 421 g/mol. The second kappa shape index (κ2) is 9.74. The molecule has 0 N–H and O–H groups in total. The van der Waals surface area contributed by atoms with Crippen molar-refractivity contribution in [3.05, 3.63) is 118 Å². The Balaban J connectivity index is 1.41. The Morgan fingerprint density at radius 3 is 1.59 bits per heavy atom. The first-order valence-corrected chi connectivity index (χ1v) is 12.1. The van der Waals surface area contributed by atoms with Gasteiger partial charge in [0, 0.05) is 0 Å². The number of benzene rings is 4. The fraction of sp³-hybridized carbons (Fsp3) is 0.312. The molecule has 4 rings (SSSR count). The monoisotopic (exact) mass is 420 g/mol. The average Bonchev–Trinajstić information content (AvgIpc) is 2.79. The maximum absolute atomic E-state index is 2.36. The van der Waals surface area contributed by atoms with Crippen molar-refractivity contribution in [2.45, 2.75) is 65.2 Å². The second-order valence-corrected chi connectivity index (χ2v) is 10.2. The third kappa shape index (κ3) is 5.68. The van der Waals surface area contributed by atoms with Crippen LogP contribution in [-0.2, 0) is 31.1 Å². The lowest BCUT2D eigenvalue weighted by atomic mass is 9.86. The Morgan fingerprint density at radius 1 is 0.500 bits per heavy atom. The van der Waals surface area contributed by atoms with Crippen molar-refractivity contribution in [2.24, 2.45) is 0 Å². The third-order valence-electron chi connectivity index (χ3n) is 6.46. The van der Waals surface area contributed by atoms with Gasteiger partial charge in [0.15, 0.2) is 0 Å². The van der Waals surface area contributed by atoms with Crippen molar-refractivity contribution in [3.63, 3.8) is 0 Å². The Hall–Kier alpha value is -2.86. The molecule has 164 valence electrons. The molecule has 0 saturated carbocycles. The summed E-state index contributed by atoms with van der Waals surface area (Å²) in [4.78, 5) is 0. The number of hydrogen-bond donors (Lipinski definition) is 0. The molecule has 0 heterocycles. The molecule has 32 heavy (non-hydrogen) atoms. The highest BCUT2D eigenvalue weighted by Crippen LogP contribution is 2.24. The molecular formula is C32H36. The van der Waals surface area contributed by atoms with Gasteiger partial charge in [0.2, 0.25) is 0 Å². The summed E-state index contributed by atoms with van der Waals surface area (Å²) < 4.78 is 0. The van der Waals surface area contributed by atoms with Gasteiger partial charge in [0.25, 0.3) is 0 Å². The van der Waals surface area contributed by atoms with Gasteiger partial charge in [-0.15, -0.1) is 0 Å². The van der Waals surface area contributed by atoms with Crippen molar-refractivity contribution in [1.82, 2.24) is 0 Å². The topological polar surface area (TPSA) is 0 Å². The van der Waals surface area contributed by atoms with Crippen LogP contribution >= 0.6 is 0 Å². The van der Waals surface area contributed by atoms with E-state index >= 15 is 0 Å². The van der Waals surface area contributed by atoms with E-state index in [9.17, 15) is 0 Å². The van der Waals surface area contributed by atoms with Crippen molar-refractivity contribution in [1.29, 1.82) is 0 Å². The summed E-state index contributed by atoms with van der Waals surface area (Å²) >= 11 is 0. The van der Waals surface area contributed by atoms with Crippen LogP contribution < -0.4 is 0 Å². The Kier molecular flexibility index (Phi) is 6.80. The lowest BCUT2D eigenvalue weighted by Crippen LogP contribution is -2.10. The van der Waals surface area contributed by atoms with E-state index in [4.69, 9.17) is 0 Å². The number of aryl methyl sites for hydroxylation is 3. The van der Waals surface area contributed by atoms with E-state index in [0.29, 0.717) is 0 Å². The highest BCUT2D eigenvalue weighted by Gasteiger charge is 2.12. The molecule has 0 spiro atoms. The van der Waals surface area contributed by atoms with Crippen LogP contribution in [-0.4, -0.2) is 0 Å². The van der Waals surface area contributed by atoms with Crippen molar-refractivity contribution < 1.29 is 0 Å². The molecule has 0 unspecified atom stereocenters. The largest absolute Gasteiger partial charge is 0.0651 e. The SMILES string of the molecule is CCCc1ccc(Cc2ccc3cc(CCc4ccc(C(C)(C)C)cc4)ccc3c2)cc1. The van der Waals surface area contributed by atoms with E-state index in [1.165, 1.54) is 57.0 Å². The van der Waals surface area contributed by atoms with E-state index in [1.807, 2.05) is 0 Å². The second-order valence-electron chi connectivity index (χ2n) is 10.2. The summed E-state index contributed by atoms with van der Waals surface area (Å²) in [6.07, 6.45) is 5.53. The van der Waals surface area contributed by atoms with E-state index in [-0.39, 0.29) is 5.41 Å². The van der Waals surface area contributed by atoms with Crippen LogP contribution in [0.3, 0.4) is 0 Å². The molecule has 0 aliphatic carbocycles. The third-order valence-corrected chi connectivity index (χ3v) is 6.46. The lowest BCUT2D eigenvalue weighted by molar-refractivity contribution is 0.590. The molecule has 0 bridgehead atoms. The van der Waals surface area contributed by atoms with E-state index < -0.39 is 0 Å². The zero-order valence-corrected chi connectivity index (χ0v) is 20.1. The maximum Gasteiger partial charge on any atom is -0.00255 e. The molecule has 0 fully saturated rings. The summed E-state index contributed by atoms with van der Waals surface area (Å²) in [5.74, 6) is 0. The molecule has 0 aliphatic heterocycles. The van der Waals surface area contributed by atoms with Crippen LogP contribution in [0.25, 0.3) is 10.8 Å². The van der Waals surface area contributed by atoms with Gasteiger partial charge < -0.3 is 0 Å². The minimum absolute atomic E-state index is 0.217. The minimum atomic E-state index is 0.217. The molecule has 0 aromatic heterocycles. The van der Waals surface area contributed by atoms with Gasteiger partial charge in [0.1, 0.15) is 0 Å². The molecule has 4 aromatic rings. The fourth-order valence-corrected chi connectivity index (χ4v) is 4.42. The molecule has 0 aliphatic rings. The smallest absolute Gasteiger partial charge is 0.00255 e. The Morgan fingerprint density at radius 2 is 0.969 bits per heavy atom. The normalized spacial score (nSPS) is 11.8. The predicted octanol–water partition coefficient (Wildman–Crippen LogP) is 8.47. The first-order chi connectivity index (χ1) is 15.4. The Bertz CT molecular complexity index is 1160. The quantitative estimate of drug-likeness (QED) is 0.281. The highest BCUT2D eigenvalue weighted by molar-refractivity contribution is 5.84. The summed E-state index contributed by atoms with van der Waals surface area (Å²) in [5, 5.41) is 2.68. The van der Waals surface area contributed by atoms with Crippen molar-refractivity contribution >= 4 is 10.8 Å². The minimum Gasteiger partial charge on any atom is -0.0651 e. The van der Waals surface area contributed by atoms with Crippen LogP contribution in [0.15, 0.2) is 84.9 Å². The fourth-order valence-electron chi connectivity index (χ4n) is 4.42. The summed E-state index contributed by atoms with van der Waals surface area (Å²) in [6.45, 7) is 9.04. The van der Waals surface area contributed by atoms with Gasteiger partial charge >= 0.3 is 0 Å². The number of hydrogen-bond acceptors (Lipinski definition) is 0. The van der Waals surface area contributed by atoms with Crippen LogP contribution in [0.1, 0.15) is 67.5 Å². The summed E-state index contributed by atoms with van der Waals surface area (Å²) in [5.41, 5.74) is 8.65. The van der Waals surface area contributed by atoms with E-state index in [0.717, 1.165) is 19.3 Å². The van der Waals surface area contributed by atoms with Crippen molar-refractivity contribution in [3.8, 4) is 0 Å². The van der Waals surface area contributed by atoms with Crippen LogP contribution in [0.2, 0.25) is 0 Å². The van der Waals surface area contributed by atoms with Gasteiger partial charge in [-0.05, 0) is 75.3 Å². The van der Waals surface area contributed by atoms with E-state index in [1.54, 1.807) is 0 Å². The molecule has 0 radical (unpaired) electrons. The Labute approximate surface area is 194 Å². The first-order valence-electron chi connectivity index (χ1n) is 12.1. The summed E-state index contributed by atoms with van der Waals surface area (Å²) in [7, 11) is 0. The van der Waals surface area contributed by atoms with E-state index in [2.05, 4.69) is 113 Å². The lowest BCUT2D eigenvalue weighted by Gasteiger charge is -2.19. The highest BCUT2D eigenvalue weighted by atomic mass is 14.2. The van der Waals surface area contributed by atoms with Crippen LogP contribution in [0.4, 0.5) is 0 Å². The molecule has 0 nitrogen and oxygen atoms in total. The number of fused-ring (bicyclic) bond motifs is 1. The molecular weight excluding hydrogens is 384 g/mol. The molecule has 0 atom stereocenters. The predicted molar refractivity (Wildman–Crippen MR) is 140 cm³/mol. The maximum atomic E-state index is 2.36. The molecule has 0 heteroatoms. The van der Waals surface area contributed by atoms with Gasteiger partial charge in [0.05, 0.1) is 0 Å². The van der Waals surface area contributed by atoms with Crippen molar-refractivity contribution in [2.75, 3.05) is 0 Å². The standard InChI is InChI=1S/C32H36/c1-5-6-24-7-10-26(11-8-24)21-28-14-18-29-22-27(13-17-30(29)23-28)12-9-25-15-19-31(20-16-25)32(2,3)4/h7-8,10-11,13-20,22-23H,5-6,9,12,21H2,1-4H3. The first kappa shape index (κ1) is 22.3. The van der Waals surface area contributed by atoms with Gasteiger partial charge in [-0.3, -0.25) is 0 Å². The zero-order valence-electron chi connectivity index (χ0n) is 20.1. The molecule has 0 amide bonds. The molecule has 0 saturated heterocycles. The van der Waals surface area contributed by atoms with Crippen LogP contribution in [0.5, 0.6) is 0 Å². The van der Waals surface area contributed by atoms with Gasteiger partial charge in [-0.25, -0.2) is 0 Å².